The Morgan fingerprint density at radius 1 is 1.47 bits per heavy atom. The van der Waals surface area contributed by atoms with Crippen molar-refractivity contribution in [3.05, 3.63) is 0 Å². The molecule has 0 heterocycles. The number of carbonyl (C=O) groups is 1. The molecule has 0 saturated heterocycles. The summed E-state index contributed by atoms with van der Waals surface area (Å²) in [7, 11) is 0. The Morgan fingerprint density at radius 2 is 2.13 bits per heavy atom. The Morgan fingerprint density at radius 3 is 2.60 bits per heavy atom. The van der Waals surface area contributed by atoms with Crippen molar-refractivity contribution in [1.29, 1.82) is 0 Å². The smallest absolute Gasteiger partial charge is 0.310 e. The molecule has 88 valence electrons. The summed E-state index contributed by atoms with van der Waals surface area (Å²) in [6.07, 6.45) is 2.80. The second-order valence-electron chi connectivity index (χ2n) is 5.08. The number of carboxylic acid groups (broad SMARTS) is 1. The largest absolute Gasteiger partial charge is 0.481 e. The molecular weight excluding hydrogens is 194 g/mol. The van der Waals surface area contributed by atoms with E-state index in [0.717, 1.165) is 25.8 Å². The summed E-state index contributed by atoms with van der Waals surface area (Å²) in [4.78, 5) is 10.8. The van der Waals surface area contributed by atoms with Crippen molar-refractivity contribution in [3.8, 4) is 0 Å². The summed E-state index contributed by atoms with van der Waals surface area (Å²) in [5.41, 5.74) is -0.733. The normalized spacial score (nSPS) is 26.9. The van der Waals surface area contributed by atoms with E-state index < -0.39 is 11.4 Å². The minimum absolute atomic E-state index is 0.203. The van der Waals surface area contributed by atoms with E-state index >= 15 is 0 Å². The molecule has 0 aliphatic heterocycles. The molecule has 4 heteroatoms. The zero-order valence-electron chi connectivity index (χ0n) is 9.49. The molecule has 0 aromatic rings. The molecule has 2 unspecified atom stereocenters. The SMILES string of the molecule is CC(C)(CNCC1CCCC1O)C(=O)O. The van der Waals surface area contributed by atoms with E-state index in [1.54, 1.807) is 13.8 Å². The third-order valence-corrected chi connectivity index (χ3v) is 3.17. The summed E-state index contributed by atoms with van der Waals surface area (Å²) in [5.74, 6) is -0.489. The number of hydrogen-bond acceptors (Lipinski definition) is 3. The zero-order chi connectivity index (χ0) is 11.5. The number of aliphatic carboxylic acids is 1. The first kappa shape index (κ1) is 12.5. The molecule has 15 heavy (non-hydrogen) atoms. The van der Waals surface area contributed by atoms with Gasteiger partial charge in [0.2, 0.25) is 0 Å². The van der Waals surface area contributed by atoms with Crippen LogP contribution in [0.15, 0.2) is 0 Å². The Kier molecular flexibility index (Phi) is 4.11. The van der Waals surface area contributed by atoms with Gasteiger partial charge in [0.15, 0.2) is 0 Å². The third kappa shape index (κ3) is 3.47. The first-order valence-corrected chi connectivity index (χ1v) is 5.55. The van der Waals surface area contributed by atoms with Gasteiger partial charge in [0.25, 0.3) is 0 Å². The molecule has 3 N–H and O–H groups in total. The van der Waals surface area contributed by atoms with Crippen LogP contribution < -0.4 is 5.32 Å². The predicted molar refractivity (Wildman–Crippen MR) is 57.6 cm³/mol. The van der Waals surface area contributed by atoms with Crippen LogP contribution in [0.4, 0.5) is 0 Å². The Bertz CT molecular complexity index is 228. The average Bonchev–Trinajstić information content (AvgIpc) is 2.51. The summed E-state index contributed by atoms with van der Waals surface area (Å²) in [5, 5.41) is 21.6. The van der Waals surface area contributed by atoms with E-state index in [-0.39, 0.29) is 6.10 Å². The molecular formula is C11H21NO3. The van der Waals surface area contributed by atoms with E-state index in [2.05, 4.69) is 5.32 Å². The van der Waals surface area contributed by atoms with E-state index in [4.69, 9.17) is 5.11 Å². The Balaban J connectivity index is 2.24. The lowest BCUT2D eigenvalue weighted by Gasteiger charge is -2.22. The van der Waals surface area contributed by atoms with Crippen LogP contribution in [-0.2, 0) is 4.79 Å². The van der Waals surface area contributed by atoms with Gasteiger partial charge in [-0.2, -0.15) is 0 Å². The molecule has 1 saturated carbocycles. The highest BCUT2D eigenvalue weighted by Crippen LogP contribution is 2.25. The fourth-order valence-electron chi connectivity index (χ4n) is 1.90. The van der Waals surface area contributed by atoms with Gasteiger partial charge in [0.05, 0.1) is 11.5 Å². The highest BCUT2D eigenvalue weighted by atomic mass is 16.4. The second-order valence-corrected chi connectivity index (χ2v) is 5.08. The summed E-state index contributed by atoms with van der Waals surface area (Å²) in [6, 6.07) is 0. The topological polar surface area (TPSA) is 69.6 Å². The third-order valence-electron chi connectivity index (χ3n) is 3.17. The van der Waals surface area contributed by atoms with Gasteiger partial charge >= 0.3 is 5.97 Å². The minimum atomic E-state index is -0.790. The summed E-state index contributed by atoms with van der Waals surface area (Å²) >= 11 is 0. The summed E-state index contributed by atoms with van der Waals surface area (Å²) < 4.78 is 0. The highest BCUT2D eigenvalue weighted by molar-refractivity contribution is 5.73. The van der Waals surface area contributed by atoms with Gasteiger partial charge in [0, 0.05) is 13.1 Å². The maximum atomic E-state index is 10.8. The van der Waals surface area contributed by atoms with Crippen molar-refractivity contribution in [3.63, 3.8) is 0 Å². The van der Waals surface area contributed by atoms with Gasteiger partial charge in [0.1, 0.15) is 0 Å². The maximum absolute atomic E-state index is 10.8. The first-order valence-electron chi connectivity index (χ1n) is 5.55. The van der Waals surface area contributed by atoms with E-state index in [1.165, 1.54) is 0 Å². The van der Waals surface area contributed by atoms with Crippen LogP contribution in [0.5, 0.6) is 0 Å². The van der Waals surface area contributed by atoms with Crippen molar-refractivity contribution < 1.29 is 15.0 Å². The molecule has 0 bridgehead atoms. The van der Waals surface area contributed by atoms with Crippen LogP contribution in [0.1, 0.15) is 33.1 Å². The quantitative estimate of drug-likeness (QED) is 0.636. The van der Waals surface area contributed by atoms with Gasteiger partial charge in [-0.05, 0) is 32.6 Å². The van der Waals surface area contributed by atoms with Crippen molar-refractivity contribution in [2.24, 2.45) is 11.3 Å². The van der Waals surface area contributed by atoms with Gasteiger partial charge in [-0.15, -0.1) is 0 Å². The van der Waals surface area contributed by atoms with Gasteiger partial charge < -0.3 is 15.5 Å². The van der Waals surface area contributed by atoms with Crippen molar-refractivity contribution in [2.75, 3.05) is 13.1 Å². The second kappa shape index (κ2) is 4.94. The van der Waals surface area contributed by atoms with E-state index in [1.807, 2.05) is 0 Å². The number of aliphatic hydroxyl groups excluding tert-OH is 1. The van der Waals surface area contributed by atoms with Crippen LogP contribution in [-0.4, -0.2) is 35.4 Å². The maximum Gasteiger partial charge on any atom is 0.310 e. The zero-order valence-corrected chi connectivity index (χ0v) is 9.49. The van der Waals surface area contributed by atoms with E-state index in [0.29, 0.717) is 12.5 Å². The van der Waals surface area contributed by atoms with Crippen LogP contribution in [0.3, 0.4) is 0 Å². The molecule has 1 aliphatic carbocycles. The molecule has 1 aliphatic rings. The number of nitrogens with one attached hydrogen (secondary N) is 1. The van der Waals surface area contributed by atoms with Gasteiger partial charge in [-0.25, -0.2) is 0 Å². The van der Waals surface area contributed by atoms with Crippen LogP contribution in [0.25, 0.3) is 0 Å². The molecule has 0 aromatic carbocycles. The summed E-state index contributed by atoms with van der Waals surface area (Å²) in [6.45, 7) is 4.57. The highest BCUT2D eigenvalue weighted by Gasteiger charge is 2.29. The van der Waals surface area contributed by atoms with Gasteiger partial charge in [-0.3, -0.25) is 4.79 Å². The lowest BCUT2D eigenvalue weighted by molar-refractivity contribution is -0.146. The molecule has 1 rings (SSSR count). The lowest BCUT2D eigenvalue weighted by Crippen LogP contribution is -2.39. The fraction of sp³-hybridized carbons (Fsp3) is 0.909. The van der Waals surface area contributed by atoms with Crippen LogP contribution >= 0.6 is 0 Å². The van der Waals surface area contributed by atoms with Crippen molar-refractivity contribution in [1.82, 2.24) is 5.32 Å². The number of aliphatic hydroxyl groups is 1. The Hall–Kier alpha value is -0.610. The first-order chi connectivity index (χ1) is 6.93. The van der Waals surface area contributed by atoms with Gasteiger partial charge in [-0.1, -0.05) is 6.42 Å². The molecule has 0 radical (unpaired) electrons. The van der Waals surface area contributed by atoms with Crippen LogP contribution in [0.2, 0.25) is 0 Å². The number of hydrogen-bond donors (Lipinski definition) is 3. The predicted octanol–water partition coefficient (Wildman–Crippen LogP) is 0.848. The molecule has 0 aromatic heterocycles. The molecule has 4 nitrogen and oxygen atoms in total. The molecule has 2 atom stereocenters. The minimum Gasteiger partial charge on any atom is -0.481 e. The monoisotopic (exact) mass is 215 g/mol. The number of rotatable bonds is 5. The van der Waals surface area contributed by atoms with E-state index in [9.17, 15) is 9.90 Å². The average molecular weight is 215 g/mol. The fourth-order valence-corrected chi connectivity index (χ4v) is 1.90. The lowest BCUT2D eigenvalue weighted by atomic mass is 9.93. The van der Waals surface area contributed by atoms with Crippen molar-refractivity contribution in [2.45, 2.75) is 39.2 Å². The molecule has 1 fully saturated rings. The molecule has 0 spiro atoms. The van der Waals surface area contributed by atoms with Crippen molar-refractivity contribution >= 4 is 5.97 Å². The number of carboxylic acids is 1. The molecule has 0 amide bonds. The Labute approximate surface area is 90.7 Å². The van der Waals surface area contributed by atoms with Crippen LogP contribution in [0, 0.1) is 11.3 Å². The standard InChI is InChI=1S/C11H21NO3/c1-11(2,10(14)15)7-12-6-8-4-3-5-9(8)13/h8-9,12-13H,3-7H2,1-2H3,(H,14,15).